The molecule has 0 amide bonds. The lowest BCUT2D eigenvalue weighted by molar-refractivity contribution is -0.157. The summed E-state index contributed by atoms with van der Waals surface area (Å²) in [6, 6.07) is 0. The van der Waals surface area contributed by atoms with E-state index in [1.807, 2.05) is 20.1 Å². The minimum Gasteiger partial charge on any atom is -0.457 e. The molecule has 8 heteroatoms. The first-order valence-electron chi connectivity index (χ1n) is 10.8. The van der Waals surface area contributed by atoms with E-state index in [0.29, 0.717) is 28.7 Å². The van der Waals surface area contributed by atoms with Crippen LogP contribution in [0.2, 0.25) is 0 Å². The normalized spacial score (nSPS) is 29.5. The summed E-state index contributed by atoms with van der Waals surface area (Å²) in [5.74, 6) is 2.39. The fraction of sp³-hybridized carbons (Fsp3) is 0.682. The van der Waals surface area contributed by atoms with Crippen LogP contribution in [0.1, 0.15) is 55.5 Å². The summed E-state index contributed by atoms with van der Waals surface area (Å²) in [5, 5.41) is 5.06. The van der Waals surface area contributed by atoms with Crippen molar-refractivity contribution in [3.63, 3.8) is 0 Å². The lowest BCUT2D eigenvalue weighted by Gasteiger charge is -2.55. The number of ether oxygens (including phenoxy) is 1. The van der Waals surface area contributed by atoms with Crippen LogP contribution in [-0.2, 0) is 20.7 Å². The number of carbonyl (C=O) groups excluding carboxylic acids is 2. The predicted octanol–water partition coefficient (Wildman–Crippen LogP) is 3.33. The van der Waals surface area contributed by atoms with Gasteiger partial charge in [0.25, 0.3) is 5.78 Å². The molecule has 2 aromatic heterocycles. The Hall–Kier alpha value is -1.96. The summed E-state index contributed by atoms with van der Waals surface area (Å²) in [5.41, 5.74) is 2.13. The lowest BCUT2D eigenvalue weighted by Crippen LogP contribution is -2.51. The molecular weight excluding hydrogens is 400 g/mol. The summed E-state index contributed by atoms with van der Waals surface area (Å²) >= 11 is 1.45. The Kier molecular flexibility index (Phi) is 4.87. The minimum atomic E-state index is -0.384. The number of aryl methyl sites for hydroxylation is 2. The third kappa shape index (κ3) is 3.33. The molecule has 2 aromatic rings. The van der Waals surface area contributed by atoms with Gasteiger partial charge in [-0.05, 0) is 76.4 Å². The number of thioether (sulfide) groups is 1. The molecule has 0 aromatic carbocycles. The molecule has 0 unspecified atom stereocenters. The molecule has 30 heavy (non-hydrogen) atoms. The van der Waals surface area contributed by atoms with Gasteiger partial charge in [-0.25, -0.2) is 9.50 Å². The number of rotatable bonds is 6. The van der Waals surface area contributed by atoms with E-state index in [9.17, 15) is 9.59 Å². The van der Waals surface area contributed by atoms with Crippen molar-refractivity contribution in [3.8, 4) is 0 Å². The highest BCUT2D eigenvalue weighted by Crippen LogP contribution is 2.60. The van der Waals surface area contributed by atoms with Gasteiger partial charge in [-0.15, -0.1) is 5.10 Å². The van der Waals surface area contributed by atoms with Gasteiger partial charge >= 0.3 is 5.97 Å². The molecule has 4 aliphatic carbocycles. The molecule has 160 valence electrons. The Morgan fingerprint density at radius 3 is 2.33 bits per heavy atom. The van der Waals surface area contributed by atoms with Crippen LogP contribution < -0.4 is 0 Å². The first-order chi connectivity index (χ1) is 14.4. The molecule has 6 rings (SSSR count). The van der Waals surface area contributed by atoms with Gasteiger partial charge in [-0.1, -0.05) is 11.8 Å². The summed E-state index contributed by atoms with van der Waals surface area (Å²) in [6.45, 7) is 3.67. The van der Waals surface area contributed by atoms with E-state index in [2.05, 4.69) is 15.1 Å². The summed E-state index contributed by atoms with van der Waals surface area (Å²) in [7, 11) is 0. The quantitative estimate of drug-likeness (QED) is 0.515. The van der Waals surface area contributed by atoms with Crippen LogP contribution in [0.4, 0.5) is 0 Å². The van der Waals surface area contributed by atoms with Crippen molar-refractivity contribution < 1.29 is 14.3 Å². The van der Waals surface area contributed by atoms with E-state index in [0.717, 1.165) is 36.2 Å². The number of hydrogen-bond acceptors (Lipinski definition) is 7. The number of esters is 1. The van der Waals surface area contributed by atoms with Gasteiger partial charge in [0.05, 0.1) is 6.42 Å². The average molecular weight is 429 g/mol. The van der Waals surface area contributed by atoms with E-state index < -0.39 is 0 Å². The molecular formula is C22H28N4O3S. The standard InChI is InChI=1S/C22H28N4O3S/c1-12-17(13(2)26-20(23-12)24-21(25-26)30-3)7-19(28)29-11-18(27)22-8-14-4-15(9-22)6-16(5-14)10-22/h14-16H,4-11H2,1-3H3. The second-order valence-corrected chi connectivity index (χ2v) is 10.3. The lowest BCUT2D eigenvalue weighted by atomic mass is 9.48. The van der Waals surface area contributed by atoms with Crippen LogP contribution in [0.15, 0.2) is 5.16 Å². The molecule has 4 aliphatic rings. The van der Waals surface area contributed by atoms with Crippen molar-refractivity contribution in [2.75, 3.05) is 12.9 Å². The zero-order valence-corrected chi connectivity index (χ0v) is 18.6. The van der Waals surface area contributed by atoms with E-state index in [4.69, 9.17) is 4.74 Å². The fourth-order valence-corrected chi connectivity index (χ4v) is 6.82. The van der Waals surface area contributed by atoms with Crippen LogP contribution in [0.5, 0.6) is 0 Å². The third-order valence-corrected chi connectivity index (χ3v) is 8.07. The largest absolute Gasteiger partial charge is 0.457 e. The van der Waals surface area contributed by atoms with E-state index in [1.165, 1.54) is 31.0 Å². The topological polar surface area (TPSA) is 86.5 Å². The fourth-order valence-electron chi connectivity index (χ4n) is 6.48. The molecule has 4 fully saturated rings. The molecule has 0 spiro atoms. The minimum absolute atomic E-state index is 0.0865. The van der Waals surface area contributed by atoms with E-state index in [1.54, 1.807) is 4.52 Å². The summed E-state index contributed by atoms with van der Waals surface area (Å²) in [4.78, 5) is 34.5. The molecule has 0 saturated heterocycles. The predicted molar refractivity (Wildman–Crippen MR) is 112 cm³/mol. The Balaban J connectivity index is 1.26. The highest BCUT2D eigenvalue weighted by atomic mass is 32.2. The highest BCUT2D eigenvalue weighted by Gasteiger charge is 2.54. The number of fused-ring (bicyclic) bond motifs is 1. The summed E-state index contributed by atoms with van der Waals surface area (Å²) in [6.07, 6.45) is 8.87. The Morgan fingerprint density at radius 1 is 1.10 bits per heavy atom. The Morgan fingerprint density at radius 2 is 1.73 bits per heavy atom. The maximum Gasteiger partial charge on any atom is 0.310 e. The Bertz CT molecular complexity index is 996. The van der Waals surface area contributed by atoms with Gasteiger partial charge in [0, 0.05) is 22.4 Å². The van der Waals surface area contributed by atoms with Crippen molar-refractivity contribution in [3.05, 3.63) is 17.0 Å². The highest BCUT2D eigenvalue weighted by molar-refractivity contribution is 7.98. The molecule has 0 N–H and O–H groups in total. The van der Waals surface area contributed by atoms with Gasteiger partial charge < -0.3 is 4.74 Å². The van der Waals surface area contributed by atoms with Crippen molar-refractivity contribution >= 4 is 29.3 Å². The molecule has 0 atom stereocenters. The smallest absolute Gasteiger partial charge is 0.310 e. The zero-order valence-electron chi connectivity index (χ0n) is 17.8. The number of ketones is 1. The monoisotopic (exact) mass is 428 g/mol. The second-order valence-electron chi connectivity index (χ2n) is 9.53. The van der Waals surface area contributed by atoms with Crippen molar-refractivity contribution in [2.45, 2.75) is 63.9 Å². The first kappa shape index (κ1) is 20.0. The van der Waals surface area contributed by atoms with Gasteiger partial charge in [0.2, 0.25) is 5.16 Å². The van der Waals surface area contributed by atoms with Gasteiger partial charge in [-0.3, -0.25) is 9.59 Å². The maximum absolute atomic E-state index is 13.1. The zero-order chi connectivity index (χ0) is 21.0. The second kappa shape index (κ2) is 7.32. The number of hydrogen-bond donors (Lipinski definition) is 0. The molecule has 7 nitrogen and oxygen atoms in total. The van der Waals surface area contributed by atoms with Crippen LogP contribution in [0, 0.1) is 37.0 Å². The van der Waals surface area contributed by atoms with Gasteiger partial charge in [0.15, 0.2) is 12.4 Å². The molecule has 4 bridgehead atoms. The number of aromatic nitrogens is 4. The van der Waals surface area contributed by atoms with Crippen molar-refractivity contribution in [1.82, 2.24) is 19.6 Å². The van der Waals surface area contributed by atoms with Crippen LogP contribution in [0.25, 0.3) is 5.78 Å². The SMILES string of the molecule is CSc1nc2nc(C)c(CC(=O)OCC(=O)C34CC5CC(CC(C5)C3)C4)c(C)n2n1. The number of carbonyl (C=O) groups is 2. The molecule has 4 saturated carbocycles. The summed E-state index contributed by atoms with van der Waals surface area (Å²) < 4.78 is 7.15. The third-order valence-electron chi connectivity index (χ3n) is 7.53. The van der Waals surface area contributed by atoms with Crippen LogP contribution >= 0.6 is 11.8 Å². The average Bonchev–Trinajstić information content (AvgIpc) is 3.11. The van der Waals surface area contributed by atoms with Crippen molar-refractivity contribution in [1.29, 1.82) is 0 Å². The van der Waals surface area contributed by atoms with E-state index >= 15 is 0 Å². The molecule has 2 heterocycles. The van der Waals surface area contributed by atoms with Crippen LogP contribution in [-0.4, -0.2) is 44.2 Å². The number of Topliss-reactive ketones (excluding diaryl/α,β-unsaturated/α-hetero) is 1. The van der Waals surface area contributed by atoms with Crippen LogP contribution in [0.3, 0.4) is 0 Å². The maximum atomic E-state index is 13.1. The number of nitrogens with zero attached hydrogens (tertiary/aromatic N) is 4. The first-order valence-corrected chi connectivity index (χ1v) is 12.0. The van der Waals surface area contributed by atoms with E-state index in [-0.39, 0.29) is 30.2 Å². The Labute approximate surface area is 180 Å². The van der Waals surface area contributed by atoms with Gasteiger partial charge in [0.1, 0.15) is 0 Å². The van der Waals surface area contributed by atoms with Crippen molar-refractivity contribution in [2.24, 2.45) is 23.2 Å². The molecule has 0 radical (unpaired) electrons. The van der Waals surface area contributed by atoms with Gasteiger partial charge in [-0.2, -0.15) is 4.98 Å². The molecule has 0 aliphatic heterocycles.